The number of benzene rings is 2. The lowest BCUT2D eigenvalue weighted by Gasteiger charge is -2.13. The van der Waals surface area contributed by atoms with Crippen molar-refractivity contribution in [2.45, 2.75) is 20.4 Å². The van der Waals surface area contributed by atoms with Gasteiger partial charge in [-0.2, -0.15) is 0 Å². The van der Waals surface area contributed by atoms with Gasteiger partial charge in [0.15, 0.2) is 0 Å². The molecule has 1 amide bonds. The lowest BCUT2D eigenvalue weighted by atomic mass is 10.1. The zero-order valence-electron chi connectivity index (χ0n) is 16.3. The van der Waals surface area contributed by atoms with Crippen LogP contribution in [0, 0.1) is 19.7 Å². The summed E-state index contributed by atoms with van der Waals surface area (Å²) in [5.74, 6) is -0.869. The van der Waals surface area contributed by atoms with Gasteiger partial charge in [0.05, 0.1) is 11.2 Å². The van der Waals surface area contributed by atoms with Gasteiger partial charge in [0.2, 0.25) is 5.91 Å². The van der Waals surface area contributed by atoms with E-state index < -0.39 is 23.0 Å². The minimum absolute atomic E-state index is 0.283. The lowest BCUT2D eigenvalue weighted by molar-refractivity contribution is -0.116. The van der Waals surface area contributed by atoms with Crippen LogP contribution in [0.1, 0.15) is 11.1 Å². The third-order valence-electron chi connectivity index (χ3n) is 4.65. The van der Waals surface area contributed by atoms with Crippen molar-refractivity contribution in [2.24, 2.45) is 0 Å². The van der Waals surface area contributed by atoms with E-state index in [0.717, 1.165) is 15.7 Å². The molecule has 0 aliphatic carbocycles. The summed E-state index contributed by atoms with van der Waals surface area (Å²) in [5.41, 5.74) is 2.12. The molecular weight excluding hydrogens is 405 g/mol. The molecule has 0 fully saturated rings. The van der Waals surface area contributed by atoms with Crippen molar-refractivity contribution in [3.05, 3.63) is 91.7 Å². The van der Waals surface area contributed by atoms with Gasteiger partial charge in [0.25, 0.3) is 5.56 Å². The number of carbonyl (C=O) groups is 1. The summed E-state index contributed by atoms with van der Waals surface area (Å²) in [5, 5.41) is 4.36. The standard InChI is InChI=1S/C22H18FN3O3S/c1-13-9-14(2)11-17(10-13)26-21(28)20-18(7-8-30-20)25(22(26)29)12-19(27)24-16-5-3-15(23)4-6-16/h3-11H,12H2,1-2H3,(H,24,27). The number of hydrogen-bond donors (Lipinski definition) is 1. The lowest BCUT2D eigenvalue weighted by Crippen LogP contribution is -2.40. The van der Waals surface area contributed by atoms with Crippen LogP contribution in [0.25, 0.3) is 15.9 Å². The Morgan fingerprint density at radius 3 is 2.37 bits per heavy atom. The summed E-state index contributed by atoms with van der Waals surface area (Å²) in [6.07, 6.45) is 0. The second-order valence-electron chi connectivity index (χ2n) is 7.05. The molecule has 0 unspecified atom stereocenters. The molecule has 4 rings (SSSR count). The van der Waals surface area contributed by atoms with Crippen molar-refractivity contribution in [3.8, 4) is 5.69 Å². The highest BCUT2D eigenvalue weighted by atomic mass is 32.1. The number of fused-ring (bicyclic) bond motifs is 1. The number of nitrogens with zero attached hydrogens (tertiary/aromatic N) is 2. The van der Waals surface area contributed by atoms with Crippen LogP contribution >= 0.6 is 11.3 Å². The Hall–Kier alpha value is -3.52. The normalized spacial score (nSPS) is 11.0. The first-order valence-corrected chi connectivity index (χ1v) is 10.1. The largest absolute Gasteiger partial charge is 0.336 e. The Balaban J connectivity index is 1.81. The van der Waals surface area contributed by atoms with Crippen LogP contribution in [-0.2, 0) is 11.3 Å². The second-order valence-corrected chi connectivity index (χ2v) is 7.96. The summed E-state index contributed by atoms with van der Waals surface area (Å²) in [4.78, 5) is 38.9. The van der Waals surface area contributed by atoms with Crippen LogP contribution in [0.3, 0.4) is 0 Å². The predicted octanol–water partition coefficient (Wildman–Crippen LogP) is 3.61. The molecular formula is C22H18FN3O3S. The molecule has 0 radical (unpaired) electrons. The Kier molecular flexibility index (Phi) is 5.09. The van der Waals surface area contributed by atoms with Crippen molar-refractivity contribution in [2.75, 3.05) is 5.32 Å². The molecule has 6 nitrogen and oxygen atoms in total. The summed E-state index contributed by atoms with van der Waals surface area (Å²) in [6.45, 7) is 3.49. The first-order chi connectivity index (χ1) is 14.3. The van der Waals surface area contributed by atoms with Crippen LogP contribution < -0.4 is 16.6 Å². The fraction of sp³-hybridized carbons (Fsp3) is 0.136. The quantitative estimate of drug-likeness (QED) is 0.545. The van der Waals surface area contributed by atoms with E-state index in [2.05, 4.69) is 5.32 Å². The predicted molar refractivity (Wildman–Crippen MR) is 116 cm³/mol. The highest BCUT2D eigenvalue weighted by Crippen LogP contribution is 2.18. The topological polar surface area (TPSA) is 73.1 Å². The van der Waals surface area contributed by atoms with Gasteiger partial charge in [0, 0.05) is 5.69 Å². The number of carbonyl (C=O) groups excluding carboxylic acids is 1. The molecule has 0 aliphatic heterocycles. The maximum atomic E-state index is 13.3. The first kappa shape index (κ1) is 19.8. The Labute approximate surface area is 174 Å². The second kappa shape index (κ2) is 7.72. The van der Waals surface area contributed by atoms with E-state index >= 15 is 0 Å². The number of aryl methyl sites for hydroxylation is 2. The molecule has 4 aromatic rings. The van der Waals surface area contributed by atoms with Crippen molar-refractivity contribution in [3.63, 3.8) is 0 Å². The van der Waals surface area contributed by atoms with E-state index in [0.29, 0.717) is 21.6 Å². The van der Waals surface area contributed by atoms with Gasteiger partial charge in [-0.15, -0.1) is 11.3 Å². The summed E-state index contributed by atoms with van der Waals surface area (Å²) < 4.78 is 15.8. The molecule has 0 atom stereocenters. The van der Waals surface area contributed by atoms with E-state index in [9.17, 15) is 18.8 Å². The highest BCUT2D eigenvalue weighted by molar-refractivity contribution is 7.17. The summed E-state index contributed by atoms with van der Waals surface area (Å²) in [7, 11) is 0. The van der Waals surface area contributed by atoms with Crippen LogP contribution in [0.2, 0.25) is 0 Å². The number of nitrogens with one attached hydrogen (secondary N) is 1. The number of thiophene rings is 1. The minimum atomic E-state index is -0.592. The van der Waals surface area contributed by atoms with Crippen LogP contribution in [0.4, 0.5) is 10.1 Å². The summed E-state index contributed by atoms with van der Waals surface area (Å²) in [6, 6.07) is 12.5. The van der Waals surface area contributed by atoms with E-state index in [1.807, 2.05) is 19.9 Å². The smallest absolute Gasteiger partial charge is 0.325 e. The molecule has 0 aliphatic rings. The van der Waals surface area contributed by atoms with Gasteiger partial charge in [-0.3, -0.25) is 14.2 Å². The van der Waals surface area contributed by atoms with Crippen LogP contribution in [0.5, 0.6) is 0 Å². The van der Waals surface area contributed by atoms with Gasteiger partial charge >= 0.3 is 5.69 Å². The molecule has 152 valence electrons. The Bertz CT molecular complexity index is 1360. The van der Waals surface area contributed by atoms with Crippen LogP contribution in [0.15, 0.2) is 63.5 Å². The van der Waals surface area contributed by atoms with Crippen molar-refractivity contribution >= 4 is 33.1 Å². The maximum Gasteiger partial charge on any atom is 0.336 e. The first-order valence-electron chi connectivity index (χ1n) is 9.20. The molecule has 0 bridgehead atoms. The number of halogens is 1. The van der Waals surface area contributed by atoms with E-state index in [4.69, 9.17) is 0 Å². The third-order valence-corrected chi connectivity index (χ3v) is 5.54. The van der Waals surface area contributed by atoms with E-state index in [1.54, 1.807) is 23.6 Å². The van der Waals surface area contributed by atoms with Gasteiger partial charge < -0.3 is 5.32 Å². The molecule has 8 heteroatoms. The summed E-state index contributed by atoms with van der Waals surface area (Å²) >= 11 is 1.22. The van der Waals surface area contributed by atoms with Crippen LogP contribution in [-0.4, -0.2) is 15.0 Å². The fourth-order valence-electron chi connectivity index (χ4n) is 3.42. The minimum Gasteiger partial charge on any atom is -0.325 e. The molecule has 2 aromatic heterocycles. The average molecular weight is 423 g/mol. The number of rotatable bonds is 4. The number of amides is 1. The Morgan fingerprint density at radius 1 is 1.03 bits per heavy atom. The molecule has 30 heavy (non-hydrogen) atoms. The van der Waals surface area contributed by atoms with Crippen molar-refractivity contribution in [1.82, 2.24) is 9.13 Å². The monoisotopic (exact) mass is 423 g/mol. The van der Waals surface area contributed by atoms with Gasteiger partial charge in [-0.05, 0) is 72.8 Å². The van der Waals surface area contributed by atoms with Crippen molar-refractivity contribution < 1.29 is 9.18 Å². The molecule has 2 aromatic carbocycles. The molecule has 0 spiro atoms. The number of aromatic nitrogens is 2. The van der Waals surface area contributed by atoms with Gasteiger partial charge in [0.1, 0.15) is 17.1 Å². The molecule has 2 heterocycles. The third kappa shape index (κ3) is 3.69. The highest BCUT2D eigenvalue weighted by Gasteiger charge is 2.18. The average Bonchev–Trinajstić information content (AvgIpc) is 3.16. The van der Waals surface area contributed by atoms with E-state index in [-0.39, 0.29) is 6.54 Å². The van der Waals surface area contributed by atoms with E-state index in [1.165, 1.54) is 40.2 Å². The maximum absolute atomic E-state index is 13.3. The van der Waals surface area contributed by atoms with Crippen molar-refractivity contribution in [1.29, 1.82) is 0 Å². The zero-order valence-corrected chi connectivity index (χ0v) is 17.1. The van der Waals surface area contributed by atoms with Gasteiger partial charge in [-0.1, -0.05) is 6.07 Å². The molecule has 0 saturated heterocycles. The van der Waals surface area contributed by atoms with Gasteiger partial charge in [-0.25, -0.2) is 13.8 Å². The number of hydrogen-bond acceptors (Lipinski definition) is 4. The fourth-order valence-corrected chi connectivity index (χ4v) is 4.25. The zero-order chi connectivity index (χ0) is 21.4. The molecule has 0 saturated carbocycles. The Morgan fingerprint density at radius 2 is 1.70 bits per heavy atom. The number of anilines is 1. The SMILES string of the molecule is Cc1cc(C)cc(-n2c(=O)c3sccc3n(CC(=O)Nc3ccc(F)cc3)c2=O)c1. The molecule has 1 N–H and O–H groups in total.